The van der Waals surface area contributed by atoms with E-state index in [4.69, 9.17) is 15.9 Å². The molecule has 0 bridgehead atoms. The molecule has 1 aliphatic carbocycles. The van der Waals surface area contributed by atoms with Crippen LogP contribution in [0.1, 0.15) is 52.9 Å². The van der Waals surface area contributed by atoms with Crippen LogP contribution in [0.4, 0.5) is 0 Å². The van der Waals surface area contributed by atoms with E-state index in [1.807, 2.05) is 5.32 Å². The standard InChI is InChI=1S/C9H15NO5.C7H13N.Pt/c1-4-9(2,3)8(15)10-5(6(11)12)7(13)14;1-6-4-2-3-5-7(6)8;/h5H,4H2,1-3H3,(H,10,15)(H,11,12)(H,13,14);6-8H,1-5H2;/q;-2;+2. The van der Waals surface area contributed by atoms with E-state index in [-0.39, 0.29) is 27.1 Å². The number of rotatable bonds is 5. The molecule has 1 saturated carbocycles. The van der Waals surface area contributed by atoms with Gasteiger partial charge in [-0.15, -0.1) is 0 Å². The summed E-state index contributed by atoms with van der Waals surface area (Å²) in [5.74, 6) is -3.32. The topological polar surface area (TPSA) is 128 Å². The van der Waals surface area contributed by atoms with Gasteiger partial charge in [0.1, 0.15) is 0 Å². The number of carbonyl (C=O) groups excluding carboxylic acids is 1. The first kappa shape index (κ1) is 25.3. The van der Waals surface area contributed by atoms with E-state index in [9.17, 15) is 14.4 Å². The average Bonchev–Trinajstić information content (AvgIpc) is 2.47. The van der Waals surface area contributed by atoms with Crippen molar-refractivity contribution in [1.29, 1.82) is 0 Å². The normalized spacial score (nSPS) is 20.2. The van der Waals surface area contributed by atoms with E-state index in [1.165, 1.54) is 19.3 Å². The number of carboxylic acid groups (broad SMARTS) is 2. The fraction of sp³-hybridized carbons (Fsp3) is 0.750. The number of hydrogen-bond donors (Lipinski definition) is 3. The van der Waals surface area contributed by atoms with Gasteiger partial charge in [0.2, 0.25) is 11.9 Å². The zero-order chi connectivity index (χ0) is 18.2. The Bertz CT molecular complexity index is 405. The summed E-state index contributed by atoms with van der Waals surface area (Å²) in [6.45, 7) is 8.88. The Kier molecular flexibility index (Phi) is 12.2. The molecule has 1 fully saturated rings. The molecule has 8 heteroatoms. The minimum atomic E-state index is -1.89. The molecule has 0 spiro atoms. The second-order valence-corrected chi connectivity index (χ2v) is 6.47. The van der Waals surface area contributed by atoms with E-state index in [1.54, 1.807) is 20.8 Å². The van der Waals surface area contributed by atoms with Crippen molar-refractivity contribution in [3.05, 3.63) is 12.7 Å². The Balaban J connectivity index is 0. The summed E-state index contributed by atoms with van der Waals surface area (Å²) < 4.78 is 0. The molecule has 0 aromatic carbocycles. The maximum absolute atomic E-state index is 11.5. The van der Waals surface area contributed by atoms with Crippen LogP contribution in [0.2, 0.25) is 0 Å². The van der Waals surface area contributed by atoms with Crippen LogP contribution in [0.25, 0.3) is 5.73 Å². The molecule has 0 aliphatic heterocycles. The van der Waals surface area contributed by atoms with Crippen molar-refractivity contribution in [2.75, 3.05) is 0 Å². The summed E-state index contributed by atoms with van der Waals surface area (Å²) >= 11 is 0. The van der Waals surface area contributed by atoms with Crippen molar-refractivity contribution in [3.63, 3.8) is 0 Å². The molecule has 0 aromatic rings. The Morgan fingerprint density at radius 3 is 1.96 bits per heavy atom. The van der Waals surface area contributed by atoms with Crippen molar-refractivity contribution < 1.29 is 45.7 Å². The van der Waals surface area contributed by atoms with Crippen LogP contribution < -0.4 is 5.32 Å². The van der Waals surface area contributed by atoms with E-state index in [2.05, 4.69) is 6.92 Å². The molecule has 0 saturated heterocycles. The van der Waals surface area contributed by atoms with Crippen molar-refractivity contribution in [2.24, 2.45) is 11.3 Å². The SMILES string of the molecule is CCC(C)(C)C(=O)NC(C(=O)O)C(=O)O.[CH2-]C1CCCCC1[NH-].[Pt+2]. The smallest absolute Gasteiger partial charge is 0.677 e. The van der Waals surface area contributed by atoms with Crippen LogP contribution in [0.3, 0.4) is 0 Å². The molecule has 2 atom stereocenters. The Labute approximate surface area is 158 Å². The van der Waals surface area contributed by atoms with Gasteiger partial charge in [0, 0.05) is 5.41 Å². The fourth-order valence-corrected chi connectivity index (χ4v) is 1.92. The van der Waals surface area contributed by atoms with Crippen LogP contribution in [-0.2, 0) is 35.4 Å². The molecular weight excluding hydrogens is 495 g/mol. The molecule has 0 heterocycles. The number of aliphatic carboxylic acids is 2. The van der Waals surface area contributed by atoms with Gasteiger partial charge < -0.3 is 28.2 Å². The second kappa shape index (κ2) is 11.6. The van der Waals surface area contributed by atoms with Crippen molar-refractivity contribution in [2.45, 2.75) is 65.0 Å². The molecule has 142 valence electrons. The van der Waals surface area contributed by atoms with Crippen molar-refractivity contribution in [3.8, 4) is 0 Å². The van der Waals surface area contributed by atoms with Crippen LogP contribution in [0.5, 0.6) is 0 Å². The summed E-state index contributed by atoms with van der Waals surface area (Å²) in [6, 6.07) is -1.74. The summed E-state index contributed by atoms with van der Waals surface area (Å²) in [5.41, 5.74) is 6.64. The molecule has 0 radical (unpaired) electrons. The maximum Gasteiger partial charge on any atom is 2.00 e. The number of amides is 1. The number of hydrogen-bond acceptors (Lipinski definition) is 3. The van der Waals surface area contributed by atoms with E-state index in [0.717, 1.165) is 6.42 Å². The van der Waals surface area contributed by atoms with Crippen LogP contribution in [0.15, 0.2) is 0 Å². The van der Waals surface area contributed by atoms with Gasteiger partial charge in [-0.2, -0.15) is 12.0 Å². The number of carbonyl (C=O) groups is 3. The minimum absolute atomic E-state index is 0. The fourth-order valence-electron chi connectivity index (χ4n) is 1.92. The molecule has 1 aliphatic rings. The van der Waals surface area contributed by atoms with Crippen LogP contribution >= 0.6 is 0 Å². The summed E-state index contributed by atoms with van der Waals surface area (Å²) in [6.07, 6.45) is 5.29. The van der Waals surface area contributed by atoms with Gasteiger partial charge in [-0.25, -0.2) is 9.59 Å². The molecule has 0 aromatic heterocycles. The zero-order valence-electron chi connectivity index (χ0n) is 14.4. The van der Waals surface area contributed by atoms with Gasteiger partial charge >= 0.3 is 33.0 Å². The molecular formula is C16H28N2O5Pt. The first-order chi connectivity index (χ1) is 10.5. The largest absolute Gasteiger partial charge is 2.00 e. The van der Waals surface area contributed by atoms with Gasteiger partial charge in [-0.05, 0) is 6.42 Å². The third-order valence-electron chi connectivity index (χ3n) is 4.18. The third kappa shape index (κ3) is 8.78. The van der Waals surface area contributed by atoms with E-state index >= 15 is 0 Å². The van der Waals surface area contributed by atoms with Gasteiger partial charge in [0.25, 0.3) is 0 Å². The van der Waals surface area contributed by atoms with Crippen molar-refractivity contribution in [1.82, 2.24) is 5.32 Å². The second-order valence-electron chi connectivity index (χ2n) is 6.47. The zero-order valence-corrected chi connectivity index (χ0v) is 16.7. The molecule has 1 rings (SSSR count). The van der Waals surface area contributed by atoms with Gasteiger partial charge in [-0.1, -0.05) is 46.5 Å². The van der Waals surface area contributed by atoms with E-state index < -0.39 is 29.3 Å². The number of nitrogens with one attached hydrogen (secondary N) is 2. The minimum Gasteiger partial charge on any atom is -0.677 e. The predicted octanol–water partition coefficient (Wildman–Crippen LogP) is 2.51. The summed E-state index contributed by atoms with van der Waals surface area (Å²) in [5, 5.41) is 19.0. The Hall–Kier alpha value is -0.942. The average molecular weight is 523 g/mol. The molecule has 7 nitrogen and oxygen atoms in total. The first-order valence-electron chi connectivity index (χ1n) is 7.83. The Morgan fingerprint density at radius 2 is 1.67 bits per heavy atom. The number of carboxylic acids is 2. The quantitative estimate of drug-likeness (QED) is 0.377. The van der Waals surface area contributed by atoms with Crippen LogP contribution in [-0.4, -0.2) is 40.1 Å². The van der Waals surface area contributed by atoms with Crippen LogP contribution in [0, 0.1) is 18.3 Å². The van der Waals surface area contributed by atoms with Gasteiger partial charge in [-0.3, -0.25) is 4.79 Å². The van der Waals surface area contributed by atoms with Gasteiger partial charge in [0.05, 0.1) is 0 Å². The Morgan fingerprint density at radius 1 is 1.21 bits per heavy atom. The van der Waals surface area contributed by atoms with Gasteiger partial charge in [0.15, 0.2) is 0 Å². The van der Waals surface area contributed by atoms with E-state index in [0.29, 0.717) is 12.3 Å². The van der Waals surface area contributed by atoms with Crippen molar-refractivity contribution >= 4 is 17.8 Å². The predicted molar refractivity (Wildman–Crippen MR) is 86.7 cm³/mol. The molecule has 24 heavy (non-hydrogen) atoms. The molecule has 4 N–H and O–H groups in total. The third-order valence-corrected chi connectivity index (χ3v) is 4.18. The molecule has 2 unspecified atom stereocenters. The first-order valence-corrected chi connectivity index (χ1v) is 7.83. The summed E-state index contributed by atoms with van der Waals surface area (Å²) in [7, 11) is 0. The molecule has 1 amide bonds. The maximum atomic E-state index is 11.5. The summed E-state index contributed by atoms with van der Waals surface area (Å²) in [4.78, 5) is 32.5. The monoisotopic (exact) mass is 523 g/mol.